The number of imidazole rings is 1. The van der Waals surface area contributed by atoms with Gasteiger partial charge >= 0.3 is 6.18 Å². The molecule has 0 aliphatic heterocycles. The Labute approximate surface area is 170 Å². The average molecular weight is 398 g/mol. The molecule has 3 aromatic rings. The van der Waals surface area contributed by atoms with E-state index in [0.29, 0.717) is 17.9 Å². The summed E-state index contributed by atoms with van der Waals surface area (Å²) in [6, 6.07) is 14.0. The molecule has 1 aromatic heterocycles. The Morgan fingerprint density at radius 3 is 2.48 bits per heavy atom. The van der Waals surface area contributed by atoms with Crippen molar-refractivity contribution in [3.63, 3.8) is 0 Å². The first-order valence-corrected chi connectivity index (χ1v) is 10.1. The standard InChI is InChI=1S/C23H26BF3N2/c1-16(2)17-7-5-8-18(15-17)19(10-6-12-24-22-28-13-14-29-22)20-9-3-4-11-21(20)23(25,26)27/h3-5,7-9,11,13-16,19,24H,6,10,12H2,1-2H3,(H,28,29). The van der Waals surface area contributed by atoms with Crippen molar-refractivity contribution < 1.29 is 13.2 Å². The molecule has 0 saturated carbocycles. The van der Waals surface area contributed by atoms with Gasteiger partial charge in [0.05, 0.1) is 11.3 Å². The van der Waals surface area contributed by atoms with Crippen molar-refractivity contribution in [2.24, 2.45) is 0 Å². The molecule has 3 rings (SSSR count). The van der Waals surface area contributed by atoms with Gasteiger partial charge in [-0.15, -0.1) is 0 Å². The fourth-order valence-corrected chi connectivity index (χ4v) is 3.77. The lowest BCUT2D eigenvalue weighted by Crippen LogP contribution is -2.18. The first-order chi connectivity index (χ1) is 13.9. The van der Waals surface area contributed by atoms with Gasteiger partial charge in [0, 0.05) is 18.3 Å². The first kappa shape index (κ1) is 21.2. The summed E-state index contributed by atoms with van der Waals surface area (Å²) in [5.41, 5.74) is 2.84. The summed E-state index contributed by atoms with van der Waals surface area (Å²) >= 11 is 0. The summed E-state index contributed by atoms with van der Waals surface area (Å²) in [5.74, 6) is 0.0375. The van der Waals surface area contributed by atoms with E-state index in [-0.39, 0.29) is 5.92 Å². The van der Waals surface area contributed by atoms with Crippen molar-refractivity contribution in [3.05, 3.63) is 83.2 Å². The van der Waals surface area contributed by atoms with Crippen molar-refractivity contribution >= 4 is 13.0 Å². The lowest BCUT2D eigenvalue weighted by molar-refractivity contribution is -0.138. The summed E-state index contributed by atoms with van der Waals surface area (Å²) in [4.78, 5) is 7.30. The predicted octanol–water partition coefficient (Wildman–Crippen LogP) is 5.64. The topological polar surface area (TPSA) is 28.7 Å². The van der Waals surface area contributed by atoms with Gasteiger partial charge in [-0.25, -0.2) is 0 Å². The molecule has 1 N–H and O–H groups in total. The normalized spacial score (nSPS) is 12.9. The number of benzene rings is 2. The van der Waals surface area contributed by atoms with E-state index in [1.54, 1.807) is 24.5 Å². The third-order valence-electron chi connectivity index (χ3n) is 5.33. The molecule has 1 unspecified atom stereocenters. The number of H-pyrrole nitrogens is 1. The fourth-order valence-electron chi connectivity index (χ4n) is 3.77. The Kier molecular flexibility index (Phi) is 6.83. The van der Waals surface area contributed by atoms with Gasteiger partial charge < -0.3 is 4.98 Å². The van der Waals surface area contributed by atoms with Crippen LogP contribution in [-0.4, -0.2) is 17.2 Å². The zero-order chi connectivity index (χ0) is 20.9. The number of aromatic amines is 1. The van der Waals surface area contributed by atoms with Gasteiger partial charge in [0.15, 0.2) is 0 Å². The lowest BCUT2D eigenvalue weighted by Gasteiger charge is -2.23. The molecule has 0 fully saturated rings. The summed E-state index contributed by atoms with van der Waals surface area (Å²) in [5, 5.41) is 0. The summed E-state index contributed by atoms with van der Waals surface area (Å²) in [6.07, 6.45) is 1.50. The minimum absolute atomic E-state index is 0.289. The van der Waals surface area contributed by atoms with Crippen LogP contribution in [-0.2, 0) is 6.18 Å². The van der Waals surface area contributed by atoms with E-state index in [2.05, 4.69) is 29.9 Å². The van der Waals surface area contributed by atoms with E-state index in [4.69, 9.17) is 0 Å². The number of hydrogen-bond donors (Lipinski definition) is 1. The molecule has 0 aliphatic rings. The third-order valence-corrected chi connectivity index (χ3v) is 5.33. The highest BCUT2D eigenvalue weighted by molar-refractivity contribution is 6.51. The fraction of sp³-hybridized carbons (Fsp3) is 0.348. The van der Waals surface area contributed by atoms with Gasteiger partial charge in [-0.05, 0) is 35.1 Å². The maximum absolute atomic E-state index is 13.7. The molecule has 2 nitrogen and oxygen atoms in total. The smallest absolute Gasteiger partial charge is 0.357 e. The molecule has 0 bridgehead atoms. The molecule has 0 radical (unpaired) electrons. The number of alkyl halides is 3. The SMILES string of the molecule is CC(C)c1cccc(C(CCCBc2ncc[nH]2)c2ccccc2C(F)(F)F)c1. The van der Waals surface area contributed by atoms with E-state index >= 15 is 0 Å². The molecule has 0 aliphatic carbocycles. The van der Waals surface area contributed by atoms with Crippen LogP contribution >= 0.6 is 0 Å². The molecule has 29 heavy (non-hydrogen) atoms. The zero-order valence-corrected chi connectivity index (χ0v) is 16.8. The average Bonchev–Trinajstić information content (AvgIpc) is 3.21. The Morgan fingerprint density at radius 1 is 1.03 bits per heavy atom. The number of hydrogen-bond acceptors (Lipinski definition) is 1. The van der Waals surface area contributed by atoms with Gasteiger partial charge in [-0.1, -0.05) is 69.1 Å². The van der Waals surface area contributed by atoms with E-state index in [1.807, 2.05) is 18.2 Å². The van der Waals surface area contributed by atoms with Crippen LogP contribution in [0.3, 0.4) is 0 Å². The highest BCUT2D eigenvalue weighted by atomic mass is 19.4. The van der Waals surface area contributed by atoms with E-state index in [1.165, 1.54) is 12.1 Å². The number of nitrogens with zero attached hydrogens (tertiary/aromatic N) is 1. The number of aromatic nitrogens is 2. The van der Waals surface area contributed by atoms with Crippen LogP contribution < -0.4 is 5.72 Å². The van der Waals surface area contributed by atoms with Crippen LogP contribution in [0.2, 0.25) is 6.32 Å². The van der Waals surface area contributed by atoms with Crippen LogP contribution in [0.4, 0.5) is 13.2 Å². The van der Waals surface area contributed by atoms with Gasteiger partial charge in [-0.2, -0.15) is 13.2 Å². The zero-order valence-electron chi connectivity index (χ0n) is 16.8. The number of rotatable bonds is 8. The van der Waals surface area contributed by atoms with Crippen LogP contribution in [0, 0.1) is 0 Å². The molecule has 152 valence electrons. The van der Waals surface area contributed by atoms with Gasteiger partial charge in [-0.3, -0.25) is 4.98 Å². The van der Waals surface area contributed by atoms with E-state index < -0.39 is 11.7 Å². The Bertz CT molecular complexity index is 904. The monoisotopic (exact) mass is 398 g/mol. The van der Waals surface area contributed by atoms with Crippen molar-refractivity contribution in [1.82, 2.24) is 9.97 Å². The van der Waals surface area contributed by atoms with Crippen molar-refractivity contribution in [2.75, 3.05) is 0 Å². The van der Waals surface area contributed by atoms with Crippen LogP contribution in [0.5, 0.6) is 0 Å². The van der Waals surface area contributed by atoms with Gasteiger partial charge in [0.1, 0.15) is 0 Å². The maximum atomic E-state index is 13.7. The Hall–Kier alpha value is -2.50. The van der Waals surface area contributed by atoms with Gasteiger partial charge in [0.25, 0.3) is 0 Å². The Morgan fingerprint density at radius 2 is 1.79 bits per heavy atom. The molecular formula is C23H26BF3N2. The predicted molar refractivity (Wildman–Crippen MR) is 113 cm³/mol. The highest BCUT2D eigenvalue weighted by Crippen LogP contribution is 2.40. The van der Waals surface area contributed by atoms with Crippen LogP contribution in [0.1, 0.15) is 60.8 Å². The molecule has 0 saturated heterocycles. The Balaban J connectivity index is 1.89. The van der Waals surface area contributed by atoms with E-state index in [0.717, 1.165) is 36.9 Å². The van der Waals surface area contributed by atoms with E-state index in [9.17, 15) is 13.2 Å². The summed E-state index contributed by atoms with van der Waals surface area (Å²) < 4.78 is 41.1. The molecule has 2 aromatic carbocycles. The third kappa shape index (κ3) is 5.52. The lowest BCUT2D eigenvalue weighted by atomic mass is 9.70. The first-order valence-electron chi connectivity index (χ1n) is 10.1. The summed E-state index contributed by atoms with van der Waals surface area (Å²) in [7, 11) is 0.798. The second-order valence-electron chi connectivity index (χ2n) is 7.74. The molecule has 0 spiro atoms. The summed E-state index contributed by atoms with van der Waals surface area (Å²) in [6.45, 7) is 4.20. The molecule has 1 heterocycles. The second-order valence-corrected chi connectivity index (χ2v) is 7.74. The number of halogens is 3. The minimum Gasteiger partial charge on any atom is -0.357 e. The van der Waals surface area contributed by atoms with Gasteiger partial charge in [0.2, 0.25) is 7.28 Å². The van der Waals surface area contributed by atoms with Crippen LogP contribution in [0.15, 0.2) is 60.9 Å². The maximum Gasteiger partial charge on any atom is 0.416 e. The minimum atomic E-state index is -4.36. The largest absolute Gasteiger partial charge is 0.416 e. The molecule has 0 amide bonds. The highest BCUT2D eigenvalue weighted by Gasteiger charge is 2.35. The quantitative estimate of drug-likeness (QED) is 0.386. The molecular weight excluding hydrogens is 372 g/mol. The van der Waals surface area contributed by atoms with Crippen molar-refractivity contribution in [2.45, 2.75) is 51.0 Å². The van der Waals surface area contributed by atoms with Crippen LogP contribution in [0.25, 0.3) is 0 Å². The molecule has 6 heteroatoms. The molecule has 1 atom stereocenters. The van der Waals surface area contributed by atoms with Crippen molar-refractivity contribution in [1.29, 1.82) is 0 Å². The number of nitrogens with one attached hydrogen (secondary N) is 1. The second kappa shape index (κ2) is 9.34. The van der Waals surface area contributed by atoms with Crippen molar-refractivity contribution in [3.8, 4) is 0 Å².